The molecule has 0 bridgehead atoms. The summed E-state index contributed by atoms with van der Waals surface area (Å²) in [6.45, 7) is -1.74. The Morgan fingerprint density at radius 1 is 0.594 bits per heavy atom. The third-order valence-electron chi connectivity index (χ3n) is 4.85. The molecule has 0 radical (unpaired) electrons. The molecule has 150 valence electrons. The number of amides is 4. The van der Waals surface area contributed by atoms with Crippen LogP contribution in [0.25, 0.3) is 11.1 Å². The summed E-state index contributed by atoms with van der Waals surface area (Å²) in [6.07, 6.45) is 0. The zero-order valence-corrected chi connectivity index (χ0v) is 17.0. The number of benzene rings is 2. The Labute approximate surface area is 204 Å². The van der Waals surface area contributed by atoms with Gasteiger partial charge in [0, 0.05) is 0 Å². The van der Waals surface area contributed by atoms with Crippen LogP contribution < -0.4 is 47.9 Å². The molecule has 0 aliphatic carbocycles. The molecule has 2 aliphatic rings. The van der Waals surface area contributed by atoms with Crippen molar-refractivity contribution in [2.45, 2.75) is 0 Å². The van der Waals surface area contributed by atoms with Crippen LogP contribution in [0, 0.1) is 0 Å². The molecule has 4 rings (SSSR count). The first kappa shape index (κ1) is 25.1. The van der Waals surface area contributed by atoms with Gasteiger partial charge in [0.2, 0.25) is 0 Å². The van der Waals surface area contributed by atoms with Gasteiger partial charge in [-0.1, -0.05) is 12.1 Å². The maximum atomic E-state index is 12.4. The van der Waals surface area contributed by atoms with Crippen LogP contribution in [-0.4, -0.2) is 58.5 Å². The van der Waals surface area contributed by atoms with Gasteiger partial charge in [0.15, 0.2) is 0 Å². The predicted octanol–water partition coefficient (Wildman–Crippen LogP) is -7.95. The topological polar surface area (TPSA) is 155 Å². The molecule has 2 aromatic rings. The van der Waals surface area contributed by atoms with E-state index in [2.05, 4.69) is 0 Å². The minimum absolute atomic E-state index is 0. The van der Waals surface area contributed by atoms with Crippen molar-refractivity contribution in [3.63, 3.8) is 0 Å². The average Bonchev–Trinajstić information content (AvgIpc) is 3.07. The third-order valence-corrected chi connectivity index (χ3v) is 4.85. The second-order valence-electron chi connectivity index (χ2n) is 6.66. The summed E-state index contributed by atoms with van der Waals surface area (Å²) in [5.41, 5.74) is 0.953. The van der Waals surface area contributed by atoms with E-state index in [-0.39, 0.29) is 60.0 Å². The zero-order valence-electron chi connectivity index (χ0n) is 17.0. The number of imide groups is 2. The molecule has 0 spiro atoms. The molecule has 0 N–H and O–H groups in total. The van der Waals surface area contributed by atoms with Gasteiger partial charge in [0.1, 0.15) is 0 Å². The van der Waals surface area contributed by atoms with Crippen molar-refractivity contribution in [1.82, 2.24) is 9.80 Å². The van der Waals surface area contributed by atoms with Crippen LogP contribution in [0.2, 0.25) is 0 Å². The van der Waals surface area contributed by atoms with E-state index in [1.807, 2.05) is 0 Å². The summed E-state index contributed by atoms with van der Waals surface area (Å²) < 4.78 is 0. The van der Waals surface area contributed by atoms with Crippen LogP contribution in [0.5, 0.6) is 0 Å². The van der Waals surface area contributed by atoms with Crippen LogP contribution >= 0.6 is 0 Å². The Hall–Kier alpha value is -3.15. The third kappa shape index (κ3) is 4.02. The number of carboxylic acids is 2. The number of hydrogen-bond donors (Lipinski definition) is 0. The minimum Gasteiger partial charge on any atom is -0.548 e. The number of fused-ring (bicyclic) bond motifs is 2. The second kappa shape index (κ2) is 9.15. The van der Waals surface area contributed by atoms with Crippen molar-refractivity contribution in [2.75, 3.05) is 13.1 Å². The molecule has 0 saturated carbocycles. The molecule has 0 saturated heterocycles. The summed E-state index contributed by atoms with van der Waals surface area (Å²) in [7, 11) is 0. The van der Waals surface area contributed by atoms with Gasteiger partial charge in [-0.15, -0.1) is 0 Å². The van der Waals surface area contributed by atoms with Gasteiger partial charge in [-0.2, -0.15) is 0 Å². The predicted molar refractivity (Wildman–Crippen MR) is 92.6 cm³/mol. The van der Waals surface area contributed by atoms with Crippen molar-refractivity contribution in [2.24, 2.45) is 0 Å². The summed E-state index contributed by atoms with van der Waals surface area (Å²) in [5, 5.41) is 21.6. The van der Waals surface area contributed by atoms with Crippen molar-refractivity contribution < 1.29 is 76.7 Å². The largest absolute Gasteiger partial charge is 1.00 e. The molecular weight excluding hydrogens is 410 g/mol. The average molecular weight is 420 g/mol. The standard InChI is InChI=1S/C20H12N2O8.2Li/c23-15(24)7-21-17(27)11-3-1-9(5-13(11)19(21)29)10-2-4-12-14(6-10)20(30)22(18(12)28)8-16(25)26;;/h1-6H,7-8H2,(H,23,24)(H,25,26);;/q;2*+1/p-2. The molecule has 4 amide bonds. The fraction of sp³-hybridized carbons (Fsp3) is 0.100. The molecule has 10 nitrogen and oxygen atoms in total. The Bertz CT molecular complexity index is 1120. The molecule has 2 aromatic carbocycles. The molecule has 0 atom stereocenters. The summed E-state index contributed by atoms with van der Waals surface area (Å²) in [5.74, 6) is -6.22. The Morgan fingerprint density at radius 3 is 1.22 bits per heavy atom. The van der Waals surface area contributed by atoms with E-state index in [1.165, 1.54) is 36.4 Å². The first-order valence-corrected chi connectivity index (χ1v) is 8.59. The van der Waals surface area contributed by atoms with Gasteiger partial charge in [0.05, 0.1) is 47.3 Å². The van der Waals surface area contributed by atoms with E-state index in [0.717, 1.165) is 0 Å². The normalized spacial score (nSPS) is 14.0. The molecular formula is C20H10Li2N2O8. The van der Waals surface area contributed by atoms with Gasteiger partial charge in [-0.25, -0.2) is 0 Å². The number of nitrogens with zero attached hydrogens (tertiary/aromatic N) is 2. The Morgan fingerprint density at radius 2 is 0.906 bits per heavy atom. The molecule has 0 fully saturated rings. The van der Waals surface area contributed by atoms with E-state index in [4.69, 9.17) is 0 Å². The van der Waals surface area contributed by atoms with E-state index in [9.17, 15) is 39.0 Å². The number of carbonyl (C=O) groups excluding carboxylic acids is 6. The van der Waals surface area contributed by atoms with E-state index in [0.29, 0.717) is 20.9 Å². The summed E-state index contributed by atoms with van der Waals surface area (Å²) in [4.78, 5) is 71.9. The van der Waals surface area contributed by atoms with Crippen LogP contribution in [0.3, 0.4) is 0 Å². The van der Waals surface area contributed by atoms with E-state index < -0.39 is 48.7 Å². The van der Waals surface area contributed by atoms with Crippen molar-refractivity contribution >= 4 is 35.6 Å². The SMILES string of the molecule is O=C([O-])CN1C(=O)c2ccc(-c3ccc4c(c3)C(=O)N(CC(=O)[O-])C4=O)cc2C1=O.[Li+].[Li+]. The maximum absolute atomic E-state index is 12.4. The summed E-state index contributed by atoms with van der Waals surface area (Å²) >= 11 is 0. The van der Waals surface area contributed by atoms with Crippen LogP contribution in [0.15, 0.2) is 36.4 Å². The Kier molecular flexibility index (Phi) is 7.18. The molecule has 12 heteroatoms. The van der Waals surface area contributed by atoms with Crippen LogP contribution in [0.1, 0.15) is 41.4 Å². The van der Waals surface area contributed by atoms with Gasteiger partial charge >= 0.3 is 37.7 Å². The first-order valence-electron chi connectivity index (χ1n) is 8.59. The number of hydrogen-bond acceptors (Lipinski definition) is 8. The van der Waals surface area contributed by atoms with Gasteiger partial charge < -0.3 is 19.8 Å². The molecule has 32 heavy (non-hydrogen) atoms. The number of aliphatic carboxylic acids is 2. The van der Waals surface area contributed by atoms with Crippen LogP contribution in [-0.2, 0) is 9.59 Å². The molecule has 2 heterocycles. The van der Waals surface area contributed by atoms with Crippen molar-refractivity contribution in [1.29, 1.82) is 0 Å². The molecule has 0 aromatic heterocycles. The first-order chi connectivity index (χ1) is 14.2. The fourth-order valence-electron chi connectivity index (χ4n) is 3.49. The second-order valence-corrected chi connectivity index (χ2v) is 6.66. The number of carbonyl (C=O) groups is 6. The van der Waals surface area contributed by atoms with E-state index >= 15 is 0 Å². The monoisotopic (exact) mass is 420 g/mol. The van der Waals surface area contributed by atoms with Crippen LogP contribution in [0.4, 0.5) is 0 Å². The van der Waals surface area contributed by atoms with Crippen molar-refractivity contribution in [3.05, 3.63) is 58.7 Å². The zero-order chi connectivity index (χ0) is 21.7. The summed E-state index contributed by atoms with van der Waals surface area (Å²) in [6, 6.07) is 8.51. The number of carboxylic acid groups (broad SMARTS) is 2. The van der Waals surface area contributed by atoms with Gasteiger partial charge in [-0.05, 0) is 35.4 Å². The maximum Gasteiger partial charge on any atom is 1.00 e. The number of rotatable bonds is 5. The Balaban J connectivity index is 0.00000181. The van der Waals surface area contributed by atoms with Gasteiger partial charge in [-0.3, -0.25) is 29.0 Å². The minimum atomic E-state index is -1.58. The quantitative estimate of drug-likeness (QED) is 0.341. The molecule has 2 aliphatic heterocycles. The fourth-order valence-corrected chi connectivity index (χ4v) is 3.49. The smallest absolute Gasteiger partial charge is 0.548 e. The van der Waals surface area contributed by atoms with Gasteiger partial charge in [0.25, 0.3) is 23.6 Å². The van der Waals surface area contributed by atoms with E-state index in [1.54, 1.807) is 0 Å². The van der Waals surface area contributed by atoms with Crippen molar-refractivity contribution in [3.8, 4) is 11.1 Å². The molecule has 0 unspecified atom stereocenters.